The molecule has 17 heavy (non-hydrogen) atoms. The molecule has 0 fully saturated rings. The number of unbranched alkanes of at least 4 members (excludes halogenated alkanes) is 1. The van der Waals surface area contributed by atoms with Crippen LogP contribution in [0, 0.1) is 6.92 Å². The number of rotatable bonds is 5. The second-order valence-electron chi connectivity index (χ2n) is 3.97. The van der Waals surface area contributed by atoms with Gasteiger partial charge in [-0.2, -0.15) is 0 Å². The van der Waals surface area contributed by atoms with Gasteiger partial charge in [-0.05, 0) is 19.8 Å². The number of carbonyl (C=O) groups excluding carboxylic acids is 1. The van der Waals surface area contributed by atoms with E-state index in [-0.39, 0.29) is 22.8 Å². The molecule has 2 N–H and O–H groups in total. The average Bonchev–Trinajstić information content (AvgIpc) is 2.33. The zero-order valence-corrected chi connectivity index (χ0v) is 10.4. The summed E-state index contributed by atoms with van der Waals surface area (Å²) in [5, 5.41) is 19.9. The summed E-state index contributed by atoms with van der Waals surface area (Å²) in [5.41, 5.74) is 0.976. The fourth-order valence-electron chi connectivity index (χ4n) is 1.84. The molecule has 0 aliphatic rings. The largest absolute Gasteiger partial charge is 0.507 e. The molecule has 0 amide bonds. The highest BCUT2D eigenvalue weighted by Crippen LogP contribution is 2.42. The van der Waals surface area contributed by atoms with E-state index in [1.165, 1.54) is 7.11 Å². The second kappa shape index (κ2) is 5.57. The minimum atomic E-state index is -0.0828. The molecule has 0 saturated heterocycles. The van der Waals surface area contributed by atoms with Gasteiger partial charge in [0.25, 0.3) is 0 Å². The van der Waals surface area contributed by atoms with Gasteiger partial charge in [0.2, 0.25) is 0 Å². The van der Waals surface area contributed by atoms with Crippen LogP contribution in [0.1, 0.15) is 41.3 Å². The van der Waals surface area contributed by atoms with Crippen molar-refractivity contribution in [1.29, 1.82) is 0 Å². The van der Waals surface area contributed by atoms with Gasteiger partial charge in [-0.3, -0.25) is 4.79 Å². The summed E-state index contributed by atoms with van der Waals surface area (Å²) in [6.07, 6.45) is 2.93. The van der Waals surface area contributed by atoms with Crippen molar-refractivity contribution in [3.8, 4) is 17.2 Å². The van der Waals surface area contributed by atoms with Gasteiger partial charge in [0.15, 0.2) is 17.8 Å². The second-order valence-corrected chi connectivity index (χ2v) is 3.97. The van der Waals surface area contributed by atoms with Crippen LogP contribution >= 0.6 is 0 Å². The van der Waals surface area contributed by atoms with Crippen LogP contribution in [0.3, 0.4) is 0 Å². The highest BCUT2D eigenvalue weighted by molar-refractivity contribution is 5.85. The Kier molecular flexibility index (Phi) is 4.37. The van der Waals surface area contributed by atoms with Crippen LogP contribution in [-0.2, 0) is 6.42 Å². The van der Waals surface area contributed by atoms with Crippen molar-refractivity contribution < 1.29 is 19.7 Å². The predicted octanol–water partition coefficient (Wildman–Crippen LogP) is 2.57. The predicted molar refractivity (Wildman–Crippen MR) is 65.1 cm³/mol. The number of ether oxygens (including phenoxy) is 1. The molecule has 94 valence electrons. The van der Waals surface area contributed by atoms with Crippen LogP contribution < -0.4 is 4.74 Å². The van der Waals surface area contributed by atoms with Crippen LogP contribution in [0.15, 0.2) is 0 Å². The molecule has 4 nitrogen and oxygen atoms in total. The fraction of sp³-hybridized carbons (Fsp3) is 0.462. The Morgan fingerprint density at radius 2 is 1.94 bits per heavy atom. The first-order valence-electron chi connectivity index (χ1n) is 5.64. The summed E-state index contributed by atoms with van der Waals surface area (Å²) >= 11 is 0. The van der Waals surface area contributed by atoms with E-state index in [0.29, 0.717) is 23.8 Å². The Hall–Kier alpha value is -1.71. The van der Waals surface area contributed by atoms with Crippen molar-refractivity contribution in [2.45, 2.75) is 33.1 Å². The van der Waals surface area contributed by atoms with Gasteiger partial charge in [-0.15, -0.1) is 0 Å². The third kappa shape index (κ3) is 2.35. The molecule has 0 aliphatic carbocycles. The maximum Gasteiger partial charge on any atom is 0.167 e. The fourth-order valence-corrected chi connectivity index (χ4v) is 1.84. The molecule has 0 spiro atoms. The Morgan fingerprint density at radius 1 is 1.29 bits per heavy atom. The van der Waals surface area contributed by atoms with Crippen LogP contribution in [0.2, 0.25) is 0 Å². The van der Waals surface area contributed by atoms with Gasteiger partial charge in [-0.1, -0.05) is 13.3 Å². The standard InChI is InChI=1S/C13H18O4/c1-4-5-6-9-12(16)10(7-14)8(2)11(15)13(9)17-3/h7,15-16H,4-6H2,1-3H3. The monoisotopic (exact) mass is 238 g/mol. The summed E-state index contributed by atoms with van der Waals surface area (Å²) in [6, 6.07) is 0. The molecule has 1 aromatic carbocycles. The minimum absolute atomic E-state index is 0.0708. The number of hydrogen-bond donors (Lipinski definition) is 2. The number of methoxy groups -OCH3 is 1. The van der Waals surface area contributed by atoms with Gasteiger partial charge < -0.3 is 14.9 Å². The van der Waals surface area contributed by atoms with Gasteiger partial charge in [0.1, 0.15) is 5.75 Å². The topological polar surface area (TPSA) is 66.8 Å². The van der Waals surface area contributed by atoms with E-state index in [4.69, 9.17) is 4.74 Å². The van der Waals surface area contributed by atoms with Crippen molar-refractivity contribution in [3.05, 3.63) is 16.7 Å². The molecule has 1 aromatic rings. The Morgan fingerprint density at radius 3 is 2.41 bits per heavy atom. The van der Waals surface area contributed by atoms with Crippen molar-refractivity contribution in [2.24, 2.45) is 0 Å². The summed E-state index contributed by atoms with van der Waals surface area (Å²) in [7, 11) is 1.43. The smallest absolute Gasteiger partial charge is 0.167 e. The van der Waals surface area contributed by atoms with Gasteiger partial charge in [0, 0.05) is 11.1 Å². The van der Waals surface area contributed by atoms with E-state index >= 15 is 0 Å². The number of aldehydes is 1. The lowest BCUT2D eigenvalue weighted by Crippen LogP contribution is -2.00. The molecule has 0 radical (unpaired) electrons. The van der Waals surface area contributed by atoms with Crippen LogP contribution in [0.25, 0.3) is 0 Å². The van der Waals surface area contributed by atoms with E-state index in [2.05, 4.69) is 0 Å². The van der Waals surface area contributed by atoms with E-state index in [1.807, 2.05) is 6.92 Å². The average molecular weight is 238 g/mol. The molecular weight excluding hydrogens is 220 g/mol. The summed E-state index contributed by atoms with van der Waals surface area (Å²) in [5.74, 6) is 0.109. The number of hydrogen-bond acceptors (Lipinski definition) is 4. The van der Waals surface area contributed by atoms with Crippen molar-refractivity contribution in [1.82, 2.24) is 0 Å². The molecule has 0 aromatic heterocycles. The number of phenolic OH excluding ortho intramolecular Hbond substituents is 2. The van der Waals surface area contributed by atoms with Crippen LogP contribution in [0.4, 0.5) is 0 Å². The first-order valence-corrected chi connectivity index (χ1v) is 5.64. The van der Waals surface area contributed by atoms with Gasteiger partial charge in [0.05, 0.1) is 12.7 Å². The number of phenols is 2. The Labute approximate surface area is 101 Å². The maximum absolute atomic E-state index is 10.9. The maximum atomic E-state index is 10.9. The SMILES string of the molecule is CCCCc1c(O)c(C=O)c(C)c(O)c1OC. The minimum Gasteiger partial charge on any atom is -0.507 e. The number of aromatic hydroxyl groups is 2. The van der Waals surface area contributed by atoms with Crippen LogP contribution in [-0.4, -0.2) is 23.6 Å². The zero-order valence-electron chi connectivity index (χ0n) is 10.4. The number of benzene rings is 1. The summed E-state index contributed by atoms with van der Waals surface area (Å²) in [6.45, 7) is 3.60. The highest BCUT2D eigenvalue weighted by Gasteiger charge is 2.21. The van der Waals surface area contributed by atoms with E-state index in [9.17, 15) is 15.0 Å². The molecule has 1 rings (SSSR count). The van der Waals surface area contributed by atoms with Gasteiger partial charge in [-0.25, -0.2) is 0 Å². The lowest BCUT2D eigenvalue weighted by molar-refractivity contribution is 0.111. The van der Waals surface area contributed by atoms with E-state index < -0.39 is 0 Å². The molecule has 0 aliphatic heterocycles. The van der Waals surface area contributed by atoms with E-state index in [1.54, 1.807) is 6.92 Å². The lowest BCUT2D eigenvalue weighted by Gasteiger charge is -2.16. The quantitative estimate of drug-likeness (QED) is 0.611. The molecule has 0 bridgehead atoms. The van der Waals surface area contributed by atoms with Crippen molar-refractivity contribution in [2.75, 3.05) is 7.11 Å². The number of carbonyl (C=O) groups is 1. The first-order chi connectivity index (χ1) is 8.08. The highest BCUT2D eigenvalue weighted by atomic mass is 16.5. The van der Waals surface area contributed by atoms with Crippen molar-refractivity contribution >= 4 is 6.29 Å². The van der Waals surface area contributed by atoms with Crippen LogP contribution in [0.5, 0.6) is 17.2 Å². The molecule has 0 unspecified atom stereocenters. The third-order valence-corrected chi connectivity index (χ3v) is 2.89. The molecular formula is C13H18O4. The van der Waals surface area contributed by atoms with E-state index in [0.717, 1.165) is 12.8 Å². The lowest BCUT2D eigenvalue weighted by atomic mass is 9.98. The van der Waals surface area contributed by atoms with Crippen molar-refractivity contribution in [3.63, 3.8) is 0 Å². The summed E-state index contributed by atoms with van der Waals surface area (Å²) in [4.78, 5) is 10.9. The molecule has 4 heteroatoms. The Balaban J connectivity index is 3.43. The van der Waals surface area contributed by atoms with Gasteiger partial charge >= 0.3 is 0 Å². The molecule has 0 heterocycles. The summed E-state index contributed by atoms with van der Waals surface area (Å²) < 4.78 is 5.11. The molecule has 0 atom stereocenters. The zero-order chi connectivity index (χ0) is 13.0. The molecule has 0 saturated carbocycles. The first kappa shape index (κ1) is 13.4. The third-order valence-electron chi connectivity index (χ3n) is 2.89. The Bertz CT molecular complexity index is 424. The normalized spacial score (nSPS) is 10.3.